The van der Waals surface area contributed by atoms with Crippen LogP contribution >= 0.6 is 22.9 Å². The van der Waals surface area contributed by atoms with E-state index in [1.165, 1.54) is 11.3 Å². The van der Waals surface area contributed by atoms with Crippen LogP contribution in [0, 0.1) is 0 Å². The molecular weight excluding hydrogens is 424 g/mol. The van der Waals surface area contributed by atoms with Crippen LogP contribution in [-0.4, -0.2) is 10.8 Å². The van der Waals surface area contributed by atoms with Crippen molar-refractivity contribution in [3.63, 3.8) is 0 Å². The third-order valence-electron chi connectivity index (χ3n) is 5.18. The zero-order valence-electron chi connectivity index (χ0n) is 16.4. The Balaban J connectivity index is 1.77. The molecule has 3 nitrogen and oxygen atoms in total. The van der Waals surface area contributed by atoms with E-state index in [1.54, 1.807) is 24.3 Å². The smallest absolute Gasteiger partial charge is 0.206 e. The molecule has 0 saturated carbocycles. The Bertz CT molecular complexity index is 1410. The maximum Gasteiger partial charge on any atom is 0.206 e. The third kappa shape index (κ3) is 3.50. The molecule has 0 atom stereocenters. The maximum absolute atomic E-state index is 13.3. The van der Waals surface area contributed by atoms with Crippen LogP contribution in [-0.2, 0) is 0 Å². The topological polar surface area (TPSA) is 56.0 Å². The second-order valence-electron chi connectivity index (χ2n) is 7.12. The number of benzene rings is 3. The van der Waals surface area contributed by atoms with Crippen molar-refractivity contribution < 1.29 is 4.79 Å². The maximum atomic E-state index is 13.3. The van der Waals surface area contributed by atoms with Gasteiger partial charge in [-0.3, -0.25) is 4.79 Å². The van der Waals surface area contributed by atoms with Crippen molar-refractivity contribution >= 4 is 44.6 Å². The zero-order valence-corrected chi connectivity index (χ0v) is 18.0. The first-order valence-electron chi connectivity index (χ1n) is 9.76. The van der Waals surface area contributed by atoms with Gasteiger partial charge in [-0.15, -0.1) is 11.3 Å². The van der Waals surface area contributed by atoms with Crippen molar-refractivity contribution in [1.29, 1.82) is 0 Å². The van der Waals surface area contributed by atoms with E-state index in [4.69, 9.17) is 22.3 Å². The average molecular weight is 441 g/mol. The number of thiophene rings is 1. The molecule has 0 aliphatic rings. The number of rotatable bonds is 4. The fraction of sp³-hybridized carbons (Fsp3) is 0. The minimum atomic E-state index is -0.189. The van der Waals surface area contributed by atoms with Gasteiger partial charge in [0.15, 0.2) is 0 Å². The summed E-state index contributed by atoms with van der Waals surface area (Å²) in [6, 6.07) is 29.1. The molecule has 0 saturated heterocycles. The van der Waals surface area contributed by atoms with Crippen molar-refractivity contribution in [3.05, 3.63) is 106 Å². The Labute approximate surface area is 188 Å². The minimum absolute atomic E-state index is 0.189. The van der Waals surface area contributed by atoms with Crippen molar-refractivity contribution in [2.24, 2.45) is 0 Å². The number of aromatic nitrogens is 1. The van der Waals surface area contributed by atoms with E-state index < -0.39 is 0 Å². The molecule has 5 rings (SSSR count). The summed E-state index contributed by atoms with van der Waals surface area (Å²) in [5.41, 5.74) is 11.3. The SMILES string of the molecule is Nc1c(C(=O)c2ccccc2Cl)sc2nc(-c3ccccc3)cc(-c3ccccc3)c12. The molecule has 0 unspecified atom stereocenters. The van der Waals surface area contributed by atoms with Gasteiger partial charge < -0.3 is 5.73 Å². The molecule has 0 bridgehead atoms. The normalized spacial score (nSPS) is 11.0. The van der Waals surface area contributed by atoms with E-state index in [0.717, 1.165) is 32.6 Å². The highest BCUT2D eigenvalue weighted by Crippen LogP contribution is 2.42. The minimum Gasteiger partial charge on any atom is -0.397 e. The number of ketones is 1. The first-order chi connectivity index (χ1) is 15.1. The number of fused-ring (bicyclic) bond motifs is 1. The second kappa shape index (κ2) is 7.99. The predicted molar refractivity (Wildman–Crippen MR) is 130 cm³/mol. The molecule has 31 heavy (non-hydrogen) atoms. The largest absolute Gasteiger partial charge is 0.397 e. The Kier molecular flexibility index (Phi) is 5.02. The van der Waals surface area contributed by atoms with Crippen LogP contribution in [0.1, 0.15) is 15.2 Å². The number of halogens is 1. The van der Waals surface area contributed by atoms with Crippen molar-refractivity contribution in [2.45, 2.75) is 0 Å². The Morgan fingerprint density at radius 3 is 2.13 bits per heavy atom. The molecule has 0 spiro atoms. The van der Waals surface area contributed by atoms with Crippen LogP contribution in [0.2, 0.25) is 5.02 Å². The van der Waals surface area contributed by atoms with Crippen molar-refractivity contribution in [2.75, 3.05) is 5.73 Å². The molecule has 2 heterocycles. The van der Waals surface area contributed by atoms with E-state index >= 15 is 0 Å². The lowest BCUT2D eigenvalue weighted by atomic mass is 9.99. The first-order valence-corrected chi connectivity index (χ1v) is 11.0. The molecule has 2 aromatic heterocycles. The molecular formula is C26H17ClN2OS. The lowest BCUT2D eigenvalue weighted by molar-refractivity contribution is 0.104. The van der Waals surface area contributed by atoms with E-state index in [1.807, 2.05) is 66.7 Å². The van der Waals surface area contributed by atoms with Crippen LogP contribution in [0.4, 0.5) is 5.69 Å². The fourth-order valence-electron chi connectivity index (χ4n) is 3.66. The lowest BCUT2D eigenvalue weighted by Crippen LogP contribution is -2.02. The zero-order chi connectivity index (χ0) is 21.4. The highest BCUT2D eigenvalue weighted by Gasteiger charge is 2.23. The van der Waals surface area contributed by atoms with Crippen LogP contribution < -0.4 is 5.73 Å². The van der Waals surface area contributed by atoms with E-state index in [0.29, 0.717) is 21.2 Å². The molecule has 5 aromatic rings. The highest BCUT2D eigenvalue weighted by molar-refractivity contribution is 7.21. The van der Waals surface area contributed by atoms with E-state index in [2.05, 4.69) is 0 Å². The summed E-state index contributed by atoms with van der Waals surface area (Å²) in [4.78, 5) is 19.3. The van der Waals surface area contributed by atoms with Gasteiger partial charge in [-0.05, 0) is 29.3 Å². The van der Waals surface area contributed by atoms with Crippen LogP contribution in [0.25, 0.3) is 32.6 Å². The molecule has 0 aliphatic heterocycles. The molecule has 0 aliphatic carbocycles. The number of carbonyl (C=O) groups is 1. The number of hydrogen-bond acceptors (Lipinski definition) is 4. The quantitative estimate of drug-likeness (QED) is 0.303. The summed E-state index contributed by atoms with van der Waals surface area (Å²) >= 11 is 7.59. The number of nitrogen functional groups attached to an aromatic ring is 1. The van der Waals surface area contributed by atoms with Crippen LogP contribution in [0.15, 0.2) is 91.0 Å². The number of nitrogens with two attached hydrogens (primary N) is 1. The van der Waals surface area contributed by atoms with Crippen LogP contribution in [0.5, 0.6) is 0 Å². The van der Waals surface area contributed by atoms with Crippen LogP contribution in [0.3, 0.4) is 0 Å². The van der Waals surface area contributed by atoms with Gasteiger partial charge in [0.25, 0.3) is 0 Å². The summed E-state index contributed by atoms with van der Waals surface area (Å²) in [6.45, 7) is 0. The summed E-state index contributed by atoms with van der Waals surface area (Å²) < 4.78 is 0. The third-order valence-corrected chi connectivity index (χ3v) is 6.61. The van der Waals surface area contributed by atoms with Gasteiger partial charge in [-0.25, -0.2) is 4.98 Å². The highest BCUT2D eigenvalue weighted by atomic mass is 35.5. The van der Waals surface area contributed by atoms with Gasteiger partial charge in [0.05, 0.1) is 16.4 Å². The Morgan fingerprint density at radius 1 is 0.839 bits per heavy atom. The predicted octanol–water partition coefficient (Wildman–Crippen LogP) is 7.10. The van der Waals surface area contributed by atoms with E-state index in [9.17, 15) is 4.79 Å². The monoisotopic (exact) mass is 440 g/mol. The standard InChI is InChI=1S/C26H17ClN2OS/c27-20-14-8-7-13-18(20)24(30)25-23(28)22-19(16-9-3-1-4-10-16)15-21(29-26(22)31-25)17-11-5-2-6-12-17/h1-15H,28H2. The number of anilines is 1. The Hall–Kier alpha value is -3.47. The molecule has 150 valence electrons. The van der Waals surface area contributed by atoms with Gasteiger partial charge in [0.2, 0.25) is 5.78 Å². The van der Waals surface area contributed by atoms with Gasteiger partial charge in [-0.2, -0.15) is 0 Å². The molecule has 3 aromatic carbocycles. The summed E-state index contributed by atoms with van der Waals surface area (Å²) in [5.74, 6) is -0.189. The van der Waals surface area contributed by atoms with Gasteiger partial charge in [0.1, 0.15) is 9.71 Å². The molecule has 2 N–H and O–H groups in total. The van der Waals surface area contributed by atoms with Gasteiger partial charge in [0, 0.05) is 16.5 Å². The summed E-state index contributed by atoms with van der Waals surface area (Å²) in [7, 11) is 0. The first kappa shape index (κ1) is 19.5. The Morgan fingerprint density at radius 2 is 1.45 bits per heavy atom. The number of hydrogen-bond donors (Lipinski definition) is 1. The van der Waals surface area contributed by atoms with E-state index in [-0.39, 0.29) is 5.78 Å². The lowest BCUT2D eigenvalue weighted by Gasteiger charge is -2.09. The van der Waals surface area contributed by atoms with Crippen molar-refractivity contribution in [3.8, 4) is 22.4 Å². The van der Waals surface area contributed by atoms with Crippen molar-refractivity contribution in [1.82, 2.24) is 4.98 Å². The molecule has 0 amide bonds. The van der Waals surface area contributed by atoms with Gasteiger partial charge >= 0.3 is 0 Å². The number of pyridine rings is 1. The number of carbonyl (C=O) groups excluding carboxylic acids is 1. The molecule has 0 radical (unpaired) electrons. The average Bonchev–Trinajstić information content (AvgIpc) is 3.16. The molecule has 0 fully saturated rings. The summed E-state index contributed by atoms with van der Waals surface area (Å²) in [6.07, 6.45) is 0. The summed E-state index contributed by atoms with van der Waals surface area (Å²) in [5, 5.41) is 1.21. The number of nitrogens with zero attached hydrogens (tertiary/aromatic N) is 1. The fourth-order valence-corrected chi connectivity index (χ4v) is 4.96. The second-order valence-corrected chi connectivity index (χ2v) is 8.53. The van der Waals surface area contributed by atoms with Gasteiger partial charge in [-0.1, -0.05) is 84.4 Å². The molecule has 5 heteroatoms.